The predicted molar refractivity (Wildman–Crippen MR) is 92.3 cm³/mol. The molecule has 0 aliphatic rings. The lowest BCUT2D eigenvalue weighted by Crippen LogP contribution is -2.39. The van der Waals surface area contributed by atoms with Crippen LogP contribution < -0.4 is 5.32 Å². The van der Waals surface area contributed by atoms with Crippen LogP contribution in [0.3, 0.4) is 0 Å². The molecule has 0 radical (unpaired) electrons. The number of ketones is 1. The fourth-order valence-electron chi connectivity index (χ4n) is 2.44. The van der Waals surface area contributed by atoms with E-state index in [-0.39, 0.29) is 24.5 Å². The van der Waals surface area contributed by atoms with Gasteiger partial charge in [-0.2, -0.15) is 0 Å². The van der Waals surface area contributed by atoms with Gasteiger partial charge in [-0.3, -0.25) is 14.9 Å². The van der Waals surface area contributed by atoms with E-state index in [4.69, 9.17) is 0 Å². The van der Waals surface area contributed by atoms with Crippen molar-refractivity contribution in [1.82, 2.24) is 5.32 Å². The van der Waals surface area contributed by atoms with Crippen LogP contribution in [0.15, 0.2) is 54.6 Å². The van der Waals surface area contributed by atoms with Crippen molar-refractivity contribution in [2.45, 2.75) is 18.6 Å². The number of aliphatic hydroxyl groups excluding tert-OH is 2. The number of hydrogen-bond donors (Lipinski definition) is 3. The van der Waals surface area contributed by atoms with Gasteiger partial charge in [-0.15, -0.1) is 0 Å². The molecule has 2 aromatic rings. The highest BCUT2D eigenvalue weighted by molar-refractivity contribution is 5.96. The average Bonchev–Trinajstić information content (AvgIpc) is 2.65. The summed E-state index contributed by atoms with van der Waals surface area (Å²) >= 11 is 0. The fraction of sp³-hybridized carbons (Fsp3) is 0.278. The highest BCUT2D eigenvalue weighted by Crippen LogP contribution is 2.20. The summed E-state index contributed by atoms with van der Waals surface area (Å²) in [7, 11) is 0. The molecule has 0 aromatic heterocycles. The van der Waals surface area contributed by atoms with Gasteiger partial charge in [0.1, 0.15) is 0 Å². The van der Waals surface area contributed by atoms with Crippen LogP contribution in [0.1, 0.15) is 28.4 Å². The molecule has 25 heavy (non-hydrogen) atoms. The highest BCUT2D eigenvalue weighted by atomic mass is 16.6. The Balaban J connectivity index is 1.90. The summed E-state index contributed by atoms with van der Waals surface area (Å²) in [5, 5.41) is 33.4. The number of carbonyl (C=O) groups excluding carboxylic acids is 1. The number of nitrogens with zero attached hydrogens (tertiary/aromatic N) is 1. The summed E-state index contributed by atoms with van der Waals surface area (Å²) in [6, 6.07) is 13.7. The third kappa shape index (κ3) is 5.18. The molecule has 2 aromatic carbocycles. The molecule has 0 saturated carbocycles. The zero-order valence-corrected chi connectivity index (χ0v) is 13.5. The number of rotatable bonds is 9. The second-order valence-corrected chi connectivity index (χ2v) is 5.58. The van der Waals surface area contributed by atoms with Crippen LogP contribution in [0, 0.1) is 10.1 Å². The van der Waals surface area contributed by atoms with Gasteiger partial charge in [0.05, 0.1) is 23.7 Å². The molecule has 0 amide bonds. The number of nitrogens with one attached hydrogen (secondary N) is 1. The van der Waals surface area contributed by atoms with E-state index in [9.17, 15) is 25.1 Å². The van der Waals surface area contributed by atoms with Crippen molar-refractivity contribution in [2.24, 2.45) is 0 Å². The monoisotopic (exact) mass is 344 g/mol. The molecule has 132 valence electrons. The first-order valence-corrected chi connectivity index (χ1v) is 7.88. The lowest BCUT2D eigenvalue weighted by atomic mass is 10.0. The van der Waals surface area contributed by atoms with Crippen LogP contribution >= 0.6 is 0 Å². The van der Waals surface area contributed by atoms with Crippen LogP contribution in [0.5, 0.6) is 0 Å². The SMILES string of the molecule is O=C(CCNC(CO)C(O)c1ccc([N+](=O)[O-])cc1)c1ccccc1. The minimum absolute atomic E-state index is 0.0328. The van der Waals surface area contributed by atoms with Gasteiger partial charge >= 0.3 is 0 Å². The second-order valence-electron chi connectivity index (χ2n) is 5.58. The van der Waals surface area contributed by atoms with E-state index in [1.807, 2.05) is 6.07 Å². The number of hydrogen-bond acceptors (Lipinski definition) is 6. The van der Waals surface area contributed by atoms with Crippen molar-refractivity contribution in [3.05, 3.63) is 75.8 Å². The minimum Gasteiger partial charge on any atom is -0.395 e. The Labute approximate surface area is 145 Å². The van der Waals surface area contributed by atoms with Crippen molar-refractivity contribution in [1.29, 1.82) is 0 Å². The number of benzene rings is 2. The van der Waals surface area contributed by atoms with E-state index >= 15 is 0 Å². The number of non-ortho nitro benzene ring substituents is 1. The van der Waals surface area contributed by atoms with Crippen molar-refractivity contribution >= 4 is 11.5 Å². The quantitative estimate of drug-likeness (QED) is 0.363. The Morgan fingerprint density at radius 1 is 1.12 bits per heavy atom. The van der Waals surface area contributed by atoms with E-state index in [0.29, 0.717) is 17.7 Å². The summed E-state index contributed by atoms with van der Waals surface area (Å²) in [6.07, 6.45) is -0.814. The van der Waals surface area contributed by atoms with Crippen molar-refractivity contribution < 1.29 is 19.9 Å². The van der Waals surface area contributed by atoms with Crippen LogP contribution in [0.4, 0.5) is 5.69 Å². The smallest absolute Gasteiger partial charge is 0.269 e. The van der Waals surface area contributed by atoms with Gasteiger partial charge in [0.2, 0.25) is 0 Å². The first kappa shape index (κ1) is 18.7. The Kier molecular flexibility index (Phi) is 6.76. The van der Waals surface area contributed by atoms with Gasteiger partial charge in [0, 0.05) is 30.7 Å². The maximum atomic E-state index is 12.0. The van der Waals surface area contributed by atoms with Crippen molar-refractivity contribution in [3.8, 4) is 0 Å². The molecule has 2 unspecified atom stereocenters. The van der Waals surface area contributed by atoms with E-state index in [1.54, 1.807) is 24.3 Å². The molecule has 0 bridgehead atoms. The van der Waals surface area contributed by atoms with Gasteiger partial charge in [-0.25, -0.2) is 0 Å². The molecule has 0 fully saturated rings. The number of aliphatic hydroxyl groups is 2. The Morgan fingerprint density at radius 2 is 1.76 bits per heavy atom. The summed E-state index contributed by atoms with van der Waals surface area (Å²) < 4.78 is 0. The molecule has 0 aliphatic heterocycles. The summed E-state index contributed by atoms with van der Waals surface area (Å²) in [6.45, 7) is -0.0410. The lowest BCUT2D eigenvalue weighted by Gasteiger charge is -2.22. The van der Waals surface area contributed by atoms with Crippen molar-refractivity contribution in [3.63, 3.8) is 0 Å². The molecule has 2 rings (SSSR count). The van der Waals surface area contributed by atoms with Crippen LogP contribution in [-0.4, -0.2) is 40.1 Å². The van der Waals surface area contributed by atoms with Gasteiger partial charge in [0.15, 0.2) is 5.78 Å². The van der Waals surface area contributed by atoms with Gasteiger partial charge < -0.3 is 15.5 Å². The topological polar surface area (TPSA) is 113 Å². The Bertz CT molecular complexity index is 703. The van der Waals surface area contributed by atoms with Crippen molar-refractivity contribution in [2.75, 3.05) is 13.2 Å². The maximum Gasteiger partial charge on any atom is 0.269 e. The largest absolute Gasteiger partial charge is 0.395 e. The zero-order valence-electron chi connectivity index (χ0n) is 13.5. The molecule has 7 heteroatoms. The molecule has 0 aliphatic carbocycles. The lowest BCUT2D eigenvalue weighted by molar-refractivity contribution is -0.384. The van der Waals surface area contributed by atoms with E-state index in [2.05, 4.69) is 5.32 Å². The molecule has 0 heterocycles. The fourth-order valence-corrected chi connectivity index (χ4v) is 2.44. The summed E-state index contributed by atoms with van der Waals surface area (Å²) in [4.78, 5) is 22.2. The molecule has 7 nitrogen and oxygen atoms in total. The normalized spacial score (nSPS) is 13.2. The number of Topliss-reactive ketones (excluding diaryl/α,β-unsaturated/α-hetero) is 1. The second kappa shape index (κ2) is 9.03. The van der Waals surface area contributed by atoms with Gasteiger partial charge in [-0.1, -0.05) is 30.3 Å². The van der Waals surface area contributed by atoms with Gasteiger partial charge in [0.25, 0.3) is 5.69 Å². The van der Waals surface area contributed by atoms with E-state index in [1.165, 1.54) is 24.3 Å². The molecular formula is C18H20N2O5. The van der Waals surface area contributed by atoms with Crippen LogP contribution in [-0.2, 0) is 0 Å². The molecule has 2 atom stereocenters. The molecule has 0 saturated heterocycles. The first-order chi connectivity index (χ1) is 12.0. The third-order valence-electron chi connectivity index (χ3n) is 3.88. The predicted octanol–water partition coefficient (Wildman–Crippen LogP) is 1.85. The molecule has 0 spiro atoms. The van der Waals surface area contributed by atoms with Crippen LogP contribution in [0.2, 0.25) is 0 Å². The van der Waals surface area contributed by atoms with E-state index < -0.39 is 17.1 Å². The van der Waals surface area contributed by atoms with E-state index in [0.717, 1.165) is 0 Å². The third-order valence-corrected chi connectivity index (χ3v) is 3.88. The standard InChI is InChI=1S/C18H20N2O5/c21-12-16(18(23)14-6-8-15(9-7-14)20(24)25)19-11-10-17(22)13-4-2-1-3-5-13/h1-9,16,18-19,21,23H,10-12H2. The number of carbonyl (C=O) groups is 1. The summed E-state index contributed by atoms with van der Waals surface area (Å²) in [5.74, 6) is -0.0328. The Morgan fingerprint density at radius 3 is 2.32 bits per heavy atom. The molecule has 3 N–H and O–H groups in total. The first-order valence-electron chi connectivity index (χ1n) is 7.88. The minimum atomic E-state index is -1.04. The molecular weight excluding hydrogens is 324 g/mol. The summed E-state index contributed by atoms with van der Waals surface area (Å²) in [5.41, 5.74) is 0.991. The Hall–Kier alpha value is -2.61. The van der Waals surface area contributed by atoms with Crippen LogP contribution in [0.25, 0.3) is 0 Å². The number of nitro groups is 1. The highest BCUT2D eigenvalue weighted by Gasteiger charge is 2.21. The average molecular weight is 344 g/mol. The zero-order chi connectivity index (χ0) is 18.2. The maximum absolute atomic E-state index is 12.0. The number of nitro benzene ring substituents is 1. The van der Waals surface area contributed by atoms with Gasteiger partial charge in [-0.05, 0) is 17.7 Å².